The Morgan fingerprint density at radius 1 is 1.10 bits per heavy atom. The molecule has 5 rings (SSSR count). The lowest BCUT2D eigenvalue weighted by atomic mass is 9.80. The van der Waals surface area contributed by atoms with Gasteiger partial charge in [0.15, 0.2) is 0 Å². The van der Waals surface area contributed by atoms with Crippen molar-refractivity contribution in [3.05, 3.63) is 53.3 Å². The largest absolute Gasteiger partial charge is 0.378 e. The van der Waals surface area contributed by atoms with Crippen molar-refractivity contribution in [1.29, 1.82) is 0 Å². The topological polar surface area (TPSA) is 67.8 Å². The summed E-state index contributed by atoms with van der Waals surface area (Å²) in [6, 6.07) is 9.93. The first-order valence-electron chi connectivity index (χ1n) is 10.3. The van der Waals surface area contributed by atoms with Crippen LogP contribution in [0.1, 0.15) is 23.2 Å². The van der Waals surface area contributed by atoms with Crippen LogP contribution in [0.15, 0.2) is 36.5 Å². The second-order valence-electron chi connectivity index (χ2n) is 8.14. The first kappa shape index (κ1) is 18.5. The molecule has 7 nitrogen and oxygen atoms in total. The van der Waals surface area contributed by atoms with Gasteiger partial charge in [-0.15, -0.1) is 0 Å². The number of anilines is 1. The zero-order valence-corrected chi connectivity index (χ0v) is 16.5. The average molecular weight is 394 g/mol. The van der Waals surface area contributed by atoms with Gasteiger partial charge in [0.25, 0.3) is 0 Å². The van der Waals surface area contributed by atoms with Gasteiger partial charge in [0, 0.05) is 37.9 Å². The molecule has 1 spiro atoms. The summed E-state index contributed by atoms with van der Waals surface area (Å²) in [6.45, 7) is 5.57. The Labute approximate surface area is 170 Å². The Kier molecular flexibility index (Phi) is 4.93. The SMILES string of the molecule is O=C(Cc1ccccc1)N1CCC2(COCc3cnc(N4CCOCC4)nc32)C1. The van der Waals surface area contributed by atoms with Crippen molar-refractivity contribution in [2.24, 2.45) is 0 Å². The van der Waals surface area contributed by atoms with Gasteiger partial charge in [-0.25, -0.2) is 9.97 Å². The minimum atomic E-state index is -0.232. The smallest absolute Gasteiger partial charge is 0.227 e. The zero-order valence-electron chi connectivity index (χ0n) is 16.5. The molecule has 0 N–H and O–H groups in total. The van der Waals surface area contributed by atoms with Crippen LogP contribution in [0.25, 0.3) is 0 Å². The summed E-state index contributed by atoms with van der Waals surface area (Å²) in [5, 5.41) is 0. The van der Waals surface area contributed by atoms with Crippen LogP contribution in [0.3, 0.4) is 0 Å². The Morgan fingerprint density at radius 2 is 1.93 bits per heavy atom. The summed E-state index contributed by atoms with van der Waals surface area (Å²) < 4.78 is 11.4. The minimum absolute atomic E-state index is 0.169. The summed E-state index contributed by atoms with van der Waals surface area (Å²) in [6.07, 6.45) is 3.22. The number of hydrogen-bond acceptors (Lipinski definition) is 6. The maximum absolute atomic E-state index is 12.9. The van der Waals surface area contributed by atoms with Crippen LogP contribution >= 0.6 is 0 Å². The summed E-state index contributed by atoms with van der Waals surface area (Å²) in [4.78, 5) is 26.6. The monoisotopic (exact) mass is 394 g/mol. The number of amides is 1. The molecule has 4 heterocycles. The molecule has 2 saturated heterocycles. The molecule has 3 aliphatic rings. The van der Waals surface area contributed by atoms with Gasteiger partial charge in [-0.1, -0.05) is 30.3 Å². The Morgan fingerprint density at radius 3 is 2.76 bits per heavy atom. The number of likely N-dealkylation sites (tertiary alicyclic amines) is 1. The predicted molar refractivity (Wildman–Crippen MR) is 108 cm³/mol. The van der Waals surface area contributed by atoms with Crippen molar-refractivity contribution < 1.29 is 14.3 Å². The van der Waals surface area contributed by atoms with Crippen molar-refractivity contribution in [3.63, 3.8) is 0 Å². The Bertz CT molecular complexity index is 885. The number of nitrogens with zero attached hydrogens (tertiary/aromatic N) is 4. The van der Waals surface area contributed by atoms with E-state index in [0.717, 1.165) is 48.8 Å². The summed E-state index contributed by atoms with van der Waals surface area (Å²) >= 11 is 0. The van der Waals surface area contributed by atoms with Crippen molar-refractivity contribution in [2.75, 3.05) is 50.9 Å². The van der Waals surface area contributed by atoms with Crippen molar-refractivity contribution >= 4 is 11.9 Å². The van der Waals surface area contributed by atoms with Gasteiger partial charge in [-0.3, -0.25) is 4.79 Å². The summed E-state index contributed by atoms with van der Waals surface area (Å²) in [5.41, 5.74) is 2.93. The third-order valence-corrected chi connectivity index (χ3v) is 6.19. The van der Waals surface area contributed by atoms with E-state index < -0.39 is 0 Å². The molecular weight excluding hydrogens is 368 g/mol. The fourth-order valence-corrected chi connectivity index (χ4v) is 4.58. The molecule has 1 aromatic carbocycles. The van der Waals surface area contributed by atoms with Gasteiger partial charge >= 0.3 is 0 Å². The van der Waals surface area contributed by atoms with Crippen LogP contribution in [-0.2, 0) is 32.7 Å². The molecular formula is C22H26N4O3. The zero-order chi connectivity index (χ0) is 19.7. The second-order valence-corrected chi connectivity index (χ2v) is 8.14. The maximum atomic E-state index is 12.9. The number of benzene rings is 1. The molecule has 1 aromatic heterocycles. The summed E-state index contributed by atoms with van der Waals surface area (Å²) in [5.74, 6) is 0.935. The van der Waals surface area contributed by atoms with E-state index in [4.69, 9.17) is 14.5 Å². The highest BCUT2D eigenvalue weighted by Crippen LogP contribution is 2.39. The molecule has 1 unspecified atom stereocenters. The molecule has 1 atom stereocenters. The van der Waals surface area contributed by atoms with Crippen LogP contribution in [-0.4, -0.2) is 66.8 Å². The van der Waals surface area contributed by atoms with Gasteiger partial charge in [-0.2, -0.15) is 0 Å². The minimum Gasteiger partial charge on any atom is -0.378 e. The van der Waals surface area contributed by atoms with E-state index in [2.05, 4.69) is 9.88 Å². The molecule has 2 fully saturated rings. The van der Waals surface area contributed by atoms with Gasteiger partial charge in [0.2, 0.25) is 11.9 Å². The maximum Gasteiger partial charge on any atom is 0.227 e. The lowest BCUT2D eigenvalue weighted by molar-refractivity contribution is -0.129. The number of morpholine rings is 1. The first-order valence-corrected chi connectivity index (χ1v) is 10.3. The van der Waals surface area contributed by atoms with Gasteiger partial charge in [0.05, 0.1) is 44.0 Å². The number of carbonyl (C=O) groups excluding carboxylic acids is 1. The molecule has 0 aliphatic carbocycles. The average Bonchev–Trinajstić information content (AvgIpc) is 3.20. The van der Waals surface area contributed by atoms with Crippen LogP contribution in [0.5, 0.6) is 0 Å². The fourth-order valence-electron chi connectivity index (χ4n) is 4.58. The standard InChI is InChI=1S/C22H26N4O3/c27-19(12-17-4-2-1-3-5-17)26-7-6-22(15-26)16-29-14-18-13-23-21(24-20(18)22)25-8-10-28-11-9-25/h1-5,13H,6-12,14-16H2. The number of rotatable bonds is 3. The molecule has 3 aliphatic heterocycles. The third-order valence-electron chi connectivity index (χ3n) is 6.19. The van der Waals surface area contributed by atoms with E-state index in [0.29, 0.717) is 39.4 Å². The highest BCUT2D eigenvalue weighted by Gasteiger charge is 2.46. The number of fused-ring (bicyclic) bond motifs is 2. The number of aromatic nitrogens is 2. The van der Waals surface area contributed by atoms with E-state index in [1.54, 1.807) is 0 Å². The highest BCUT2D eigenvalue weighted by molar-refractivity contribution is 5.79. The Balaban J connectivity index is 1.37. The lowest BCUT2D eigenvalue weighted by Gasteiger charge is -2.35. The van der Waals surface area contributed by atoms with Crippen molar-refractivity contribution in [3.8, 4) is 0 Å². The number of hydrogen-bond donors (Lipinski definition) is 0. The predicted octanol–water partition coefficient (Wildman–Crippen LogP) is 1.56. The van der Waals surface area contributed by atoms with Crippen LogP contribution in [0.2, 0.25) is 0 Å². The van der Waals surface area contributed by atoms with Gasteiger partial charge in [0.1, 0.15) is 0 Å². The molecule has 2 aromatic rings. The Hall–Kier alpha value is -2.51. The van der Waals surface area contributed by atoms with Gasteiger partial charge < -0.3 is 19.3 Å². The first-order chi connectivity index (χ1) is 14.2. The van der Waals surface area contributed by atoms with E-state index in [1.807, 2.05) is 41.4 Å². The molecule has 152 valence electrons. The molecule has 0 saturated carbocycles. The van der Waals surface area contributed by atoms with Crippen LogP contribution < -0.4 is 4.90 Å². The molecule has 1 amide bonds. The molecule has 0 radical (unpaired) electrons. The quantitative estimate of drug-likeness (QED) is 0.787. The normalized spacial score (nSPS) is 24.0. The van der Waals surface area contributed by atoms with Crippen molar-refractivity contribution in [2.45, 2.75) is 24.9 Å². The number of carbonyl (C=O) groups is 1. The summed E-state index contributed by atoms with van der Waals surface area (Å²) in [7, 11) is 0. The van der Waals surface area contributed by atoms with E-state index in [-0.39, 0.29) is 11.3 Å². The van der Waals surface area contributed by atoms with E-state index in [1.165, 1.54) is 0 Å². The van der Waals surface area contributed by atoms with E-state index >= 15 is 0 Å². The second kappa shape index (κ2) is 7.72. The molecule has 0 bridgehead atoms. The van der Waals surface area contributed by atoms with E-state index in [9.17, 15) is 4.79 Å². The number of ether oxygens (including phenoxy) is 2. The highest BCUT2D eigenvalue weighted by atomic mass is 16.5. The molecule has 29 heavy (non-hydrogen) atoms. The van der Waals surface area contributed by atoms with Crippen LogP contribution in [0, 0.1) is 0 Å². The van der Waals surface area contributed by atoms with Crippen molar-refractivity contribution in [1.82, 2.24) is 14.9 Å². The van der Waals surface area contributed by atoms with Gasteiger partial charge in [-0.05, 0) is 12.0 Å². The lowest BCUT2D eigenvalue weighted by Crippen LogP contribution is -2.43. The fraction of sp³-hybridized carbons (Fsp3) is 0.500. The molecule has 7 heteroatoms. The third kappa shape index (κ3) is 3.60. The van der Waals surface area contributed by atoms with Crippen LogP contribution in [0.4, 0.5) is 5.95 Å².